The van der Waals surface area contributed by atoms with Crippen LogP contribution in [-0.2, 0) is 0 Å². The fourth-order valence-corrected chi connectivity index (χ4v) is 4.31. The van der Waals surface area contributed by atoms with Gasteiger partial charge in [-0.3, -0.25) is 10.1 Å². The first-order chi connectivity index (χ1) is 16.1. The van der Waals surface area contributed by atoms with E-state index in [1.54, 1.807) is 28.9 Å². The molecule has 0 fully saturated rings. The Kier molecular flexibility index (Phi) is 5.92. The average Bonchev–Trinajstić information content (AvgIpc) is 3.47. The van der Waals surface area contributed by atoms with Crippen LogP contribution in [0.15, 0.2) is 85.1 Å². The van der Waals surface area contributed by atoms with Crippen molar-refractivity contribution in [2.24, 2.45) is 0 Å². The predicted octanol–water partition coefficient (Wildman–Crippen LogP) is 6.62. The highest BCUT2D eigenvalue weighted by molar-refractivity contribution is 7.18. The zero-order valence-electron chi connectivity index (χ0n) is 16.9. The monoisotopic (exact) mass is 491 g/mol. The number of hydrogen-bond acceptors (Lipinski definition) is 5. The Balaban J connectivity index is 1.51. The number of para-hydroxylation sites is 1. The number of rotatable bonds is 5. The first kappa shape index (κ1) is 21.3. The maximum atomic E-state index is 12.6. The summed E-state index contributed by atoms with van der Waals surface area (Å²) in [6, 6.07) is 24.0. The minimum absolute atomic E-state index is 0.307. The summed E-state index contributed by atoms with van der Waals surface area (Å²) >= 11 is 13.3. The van der Waals surface area contributed by atoms with Gasteiger partial charge in [0, 0.05) is 27.4 Å². The van der Waals surface area contributed by atoms with Gasteiger partial charge >= 0.3 is 0 Å². The van der Waals surface area contributed by atoms with Gasteiger partial charge in [-0.05, 0) is 42.5 Å². The van der Waals surface area contributed by atoms with Crippen molar-refractivity contribution in [2.75, 3.05) is 5.32 Å². The summed E-state index contributed by atoms with van der Waals surface area (Å²) in [4.78, 5) is 12.6. The van der Waals surface area contributed by atoms with Crippen molar-refractivity contribution >= 4 is 45.6 Å². The molecule has 5 aromatic rings. The Morgan fingerprint density at radius 2 is 1.67 bits per heavy atom. The van der Waals surface area contributed by atoms with Gasteiger partial charge in [0.25, 0.3) is 5.91 Å². The van der Waals surface area contributed by atoms with Gasteiger partial charge in [0.05, 0.1) is 11.3 Å². The number of hydrogen-bond donors (Lipinski definition) is 1. The Hall–Kier alpha value is -3.52. The van der Waals surface area contributed by atoms with Crippen LogP contribution >= 0.6 is 34.5 Å². The van der Waals surface area contributed by atoms with Crippen molar-refractivity contribution in [3.05, 3.63) is 101 Å². The van der Waals surface area contributed by atoms with Crippen LogP contribution < -0.4 is 5.32 Å². The third kappa shape index (κ3) is 4.66. The van der Waals surface area contributed by atoms with E-state index in [0.717, 1.165) is 22.5 Å². The van der Waals surface area contributed by atoms with Gasteiger partial charge < -0.3 is 0 Å². The smallest absolute Gasteiger partial charge is 0.257 e. The Morgan fingerprint density at radius 3 is 2.42 bits per heavy atom. The lowest BCUT2D eigenvalue weighted by molar-refractivity contribution is 0.102. The predicted molar refractivity (Wildman–Crippen MR) is 132 cm³/mol. The highest BCUT2D eigenvalue weighted by Gasteiger charge is 2.19. The van der Waals surface area contributed by atoms with Gasteiger partial charge in [-0.25, -0.2) is 4.68 Å². The van der Waals surface area contributed by atoms with Gasteiger partial charge in [-0.1, -0.05) is 70.9 Å². The molecule has 0 saturated heterocycles. The van der Waals surface area contributed by atoms with Crippen molar-refractivity contribution in [3.63, 3.8) is 0 Å². The summed E-state index contributed by atoms with van der Waals surface area (Å²) in [5.74, 6) is -0.307. The van der Waals surface area contributed by atoms with Gasteiger partial charge in [0.2, 0.25) is 5.13 Å². The molecule has 0 aliphatic rings. The van der Waals surface area contributed by atoms with Crippen LogP contribution in [0.3, 0.4) is 0 Å². The average molecular weight is 492 g/mol. The molecule has 1 amide bonds. The molecule has 6 nitrogen and oxygen atoms in total. The molecule has 0 radical (unpaired) electrons. The largest absolute Gasteiger partial charge is 0.296 e. The molecule has 0 spiro atoms. The molecule has 162 valence electrons. The van der Waals surface area contributed by atoms with Crippen LogP contribution in [0.5, 0.6) is 0 Å². The number of benzene rings is 3. The molecule has 0 unspecified atom stereocenters. The summed E-state index contributed by atoms with van der Waals surface area (Å²) in [5, 5.41) is 18.2. The second-order valence-corrected chi connectivity index (χ2v) is 8.91. The van der Waals surface area contributed by atoms with Crippen LogP contribution in [0.4, 0.5) is 5.13 Å². The maximum Gasteiger partial charge on any atom is 0.257 e. The fourth-order valence-electron chi connectivity index (χ4n) is 3.25. The van der Waals surface area contributed by atoms with E-state index in [2.05, 4.69) is 15.5 Å². The standard InChI is InChI=1S/C24H15Cl2N5OS/c25-17-11-9-15(10-12-17)21-20(14-31(30-21)19-7-2-1-3-8-19)23-28-29-24(33-23)27-22(32)16-5-4-6-18(26)13-16/h1-14H,(H,27,29,32). The second kappa shape index (κ2) is 9.15. The summed E-state index contributed by atoms with van der Waals surface area (Å²) in [5.41, 5.74) is 3.78. The first-order valence-corrected chi connectivity index (χ1v) is 11.5. The molecular weight excluding hydrogens is 477 g/mol. The molecule has 3 aromatic carbocycles. The van der Waals surface area contributed by atoms with Crippen LogP contribution in [0, 0.1) is 0 Å². The number of nitrogens with one attached hydrogen (secondary N) is 1. The van der Waals surface area contributed by atoms with E-state index in [1.807, 2.05) is 60.8 Å². The minimum atomic E-state index is -0.307. The molecule has 0 atom stereocenters. The van der Waals surface area contributed by atoms with Crippen molar-refractivity contribution in [2.45, 2.75) is 0 Å². The zero-order chi connectivity index (χ0) is 22.8. The number of carbonyl (C=O) groups excluding carboxylic acids is 1. The lowest BCUT2D eigenvalue weighted by Gasteiger charge is -2.01. The van der Waals surface area contributed by atoms with Crippen molar-refractivity contribution in [1.82, 2.24) is 20.0 Å². The minimum Gasteiger partial charge on any atom is -0.296 e. The van der Waals surface area contributed by atoms with Crippen LogP contribution in [-0.4, -0.2) is 25.9 Å². The Morgan fingerprint density at radius 1 is 0.879 bits per heavy atom. The van der Waals surface area contributed by atoms with Crippen LogP contribution in [0.2, 0.25) is 10.0 Å². The lowest BCUT2D eigenvalue weighted by atomic mass is 10.1. The van der Waals surface area contributed by atoms with E-state index in [0.29, 0.717) is 25.7 Å². The van der Waals surface area contributed by atoms with E-state index >= 15 is 0 Å². The summed E-state index contributed by atoms with van der Waals surface area (Å²) in [6.45, 7) is 0. The number of carbonyl (C=O) groups is 1. The van der Waals surface area contributed by atoms with E-state index in [9.17, 15) is 4.79 Å². The Bertz CT molecular complexity index is 1430. The van der Waals surface area contributed by atoms with Gasteiger partial charge in [-0.15, -0.1) is 10.2 Å². The number of amides is 1. The number of anilines is 1. The molecule has 2 heterocycles. The topological polar surface area (TPSA) is 72.7 Å². The fraction of sp³-hybridized carbons (Fsp3) is 0. The van der Waals surface area contributed by atoms with E-state index in [1.165, 1.54) is 11.3 Å². The third-order valence-corrected chi connectivity index (χ3v) is 6.17. The number of nitrogens with zero attached hydrogens (tertiary/aromatic N) is 4. The van der Waals surface area contributed by atoms with E-state index in [-0.39, 0.29) is 5.91 Å². The first-order valence-electron chi connectivity index (χ1n) is 9.89. The third-order valence-electron chi connectivity index (χ3n) is 4.82. The molecular formula is C24H15Cl2N5OS. The maximum absolute atomic E-state index is 12.6. The second-order valence-electron chi connectivity index (χ2n) is 7.06. The summed E-state index contributed by atoms with van der Waals surface area (Å²) < 4.78 is 1.80. The molecule has 0 aliphatic heterocycles. The summed E-state index contributed by atoms with van der Waals surface area (Å²) in [6.07, 6.45) is 1.91. The lowest BCUT2D eigenvalue weighted by Crippen LogP contribution is -2.11. The van der Waals surface area contributed by atoms with Gasteiger partial charge in [0.1, 0.15) is 5.69 Å². The van der Waals surface area contributed by atoms with Crippen LogP contribution in [0.1, 0.15) is 10.4 Å². The highest BCUT2D eigenvalue weighted by atomic mass is 35.5. The van der Waals surface area contributed by atoms with Crippen molar-refractivity contribution < 1.29 is 4.79 Å². The Labute approximate surface area is 203 Å². The quantitative estimate of drug-likeness (QED) is 0.299. The molecule has 2 aromatic heterocycles. The SMILES string of the molecule is O=C(Nc1nnc(-c2cn(-c3ccccc3)nc2-c2ccc(Cl)cc2)s1)c1cccc(Cl)c1. The highest BCUT2D eigenvalue weighted by Crippen LogP contribution is 2.35. The molecule has 9 heteroatoms. The van der Waals surface area contributed by atoms with E-state index < -0.39 is 0 Å². The number of aromatic nitrogens is 4. The van der Waals surface area contributed by atoms with E-state index in [4.69, 9.17) is 28.3 Å². The normalized spacial score (nSPS) is 10.8. The van der Waals surface area contributed by atoms with Gasteiger partial charge in [-0.2, -0.15) is 5.10 Å². The van der Waals surface area contributed by atoms with Crippen molar-refractivity contribution in [3.8, 4) is 27.5 Å². The molecule has 0 bridgehead atoms. The number of halogens is 2. The van der Waals surface area contributed by atoms with Crippen LogP contribution in [0.25, 0.3) is 27.5 Å². The summed E-state index contributed by atoms with van der Waals surface area (Å²) in [7, 11) is 0. The molecule has 33 heavy (non-hydrogen) atoms. The van der Waals surface area contributed by atoms with Crippen molar-refractivity contribution in [1.29, 1.82) is 0 Å². The molecule has 5 rings (SSSR count). The molecule has 1 N–H and O–H groups in total. The zero-order valence-corrected chi connectivity index (χ0v) is 19.3. The molecule has 0 saturated carbocycles. The molecule has 0 aliphatic carbocycles. The van der Waals surface area contributed by atoms with Gasteiger partial charge in [0.15, 0.2) is 5.01 Å².